The third kappa shape index (κ3) is 2.78. The van der Waals surface area contributed by atoms with Gasteiger partial charge in [-0.2, -0.15) is 0 Å². The lowest BCUT2D eigenvalue weighted by Gasteiger charge is -2.23. The van der Waals surface area contributed by atoms with Crippen LogP contribution in [-0.4, -0.2) is 25.3 Å². The van der Waals surface area contributed by atoms with Gasteiger partial charge in [0.25, 0.3) is 0 Å². The molecule has 1 aliphatic rings. The van der Waals surface area contributed by atoms with Crippen LogP contribution >= 0.6 is 15.9 Å². The summed E-state index contributed by atoms with van der Waals surface area (Å²) >= 11 is 3.15. The van der Waals surface area contributed by atoms with E-state index >= 15 is 0 Å². The van der Waals surface area contributed by atoms with Gasteiger partial charge in [-0.3, -0.25) is 0 Å². The first kappa shape index (κ1) is 13.6. The van der Waals surface area contributed by atoms with E-state index in [1.54, 1.807) is 6.07 Å². The summed E-state index contributed by atoms with van der Waals surface area (Å²) in [6.45, 7) is 2.00. The molecule has 18 heavy (non-hydrogen) atoms. The van der Waals surface area contributed by atoms with Gasteiger partial charge >= 0.3 is 0 Å². The smallest absolute Gasteiger partial charge is 0.198 e. The van der Waals surface area contributed by atoms with Gasteiger partial charge in [0.15, 0.2) is 17.3 Å². The second kappa shape index (κ2) is 5.89. The van der Waals surface area contributed by atoms with Crippen LogP contribution in [0, 0.1) is 11.7 Å². The summed E-state index contributed by atoms with van der Waals surface area (Å²) in [7, 11) is 1.36. The van der Waals surface area contributed by atoms with Crippen molar-refractivity contribution >= 4 is 15.9 Å². The molecule has 1 fully saturated rings. The van der Waals surface area contributed by atoms with Gasteiger partial charge in [0.1, 0.15) is 0 Å². The van der Waals surface area contributed by atoms with Gasteiger partial charge in [-0.25, -0.2) is 4.39 Å². The maximum absolute atomic E-state index is 13.7. The van der Waals surface area contributed by atoms with Crippen molar-refractivity contribution in [1.82, 2.24) is 5.32 Å². The molecule has 2 rings (SSSR count). The van der Waals surface area contributed by atoms with Crippen LogP contribution in [-0.2, 0) is 6.42 Å². The fraction of sp³-hybridized carbons (Fsp3) is 0.538. The summed E-state index contributed by atoms with van der Waals surface area (Å²) in [6, 6.07) is 1.64. The van der Waals surface area contributed by atoms with E-state index in [-0.39, 0.29) is 11.5 Å². The van der Waals surface area contributed by atoms with Gasteiger partial charge in [0.05, 0.1) is 11.6 Å². The molecule has 1 aromatic carbocycles. The average Bonchev–Trinajstić information content (AvgIpc) is 2.38. The van der Waals surface area contributed by atoms with Crippen LogP contribution in [0.3, 0.4) is 0 Å². The van der Waals surface area contributed by atoms with E-state index in [0.29, 0.717) is 10.4 Å². The van der Waals surface area contributed by atoms with Crippen molar-refractivity contribution < 1.29 is 14.2 Å². The Hall–Kier alpha value is -0.810. The predicted molar refractivity (Wildman–Crippen MR) is 71.6 cm³/mol. The highest BCUT2D eigenvalue weighted by atomic mass is 79.9. The van der Waals surface area contributed by atoms with Gasteiger partial charge in [-0.15, -0.1) is 0 Å². The fourth-order valence-electron chi connectivity index (χ4n) is 2.39. The zero-order valence-corrected chi connectivity index (χ0v) is 11.9. The average molecular weight is 318 g/mol. The van der Waals surface area contributed by atoms with E-state index in [1.807, 2.05) is 0 Å². The molecule has 0 aromatic heterocycles. The first-order valence-corrected chi connectivity index (χ1v) is 6.87. The number of piperidine rings is 1. The Kier molecular flexibility index (Phi) is 4.45. The summed E-state index contributed by atoms with van der Waals surface area (Å²) < 4.78 is 18.9. The Balaban J connectivity index is 2.24. The van der Waals surface area contributed by atoms with Gasteiger partial charge in [-0.05, 0) is 65.8 Å². The zero-order chi connectivity index (χ0) is 13.1. The van der Waals surface area contributed by atoms with Crippen LogP contribution in [0.5, 0.6) is 11.5 Å². The molecule has 0 radical (unpaired) electrons. The van der Waals surface area contributed by atoms with E-state index in [2.05, 4.69) is 21.2 Å². The Morgan fingerprint density at radius 2 is 2.39 bits per heavy atom. The number of halogens is 2. The van der Waals surface area contributed by atoms with Crippen LogP contribution in [0.4, 0.5) is 4.39 Å². The minimum atomic E-state index is -0.555. The molecule has 0 amide bonds. The summed E-state index contributed by atoms with van der Waals surface area (Å²) in [5.74, 6) is -0.237. The lowest BCUT2D eigenvalue weighted by Crippen LogP contribution is -2.30. The van der Waals surface area contributed by atoms with Crippen molar-refractivity contribution in [1.29, 1.82) is 0 Å². The van der Waals surface area contributed by atoms with Crippen LogP contribution in [0.1, 0.15) is 18.4 Å². The van der Waals surface area contributed by atoms with E-state index in [4.69, 9.17) is 4.74 Å². The molecule has 1 saturated heterocycles. The predicted octanol–water partition coefficient (Wildman–Crippen LogP) is 2.84. The molecule has 2 N–H and O–H groups in total. The molecular formula is C13H17BrFNO2. The number of hydrogen-bond acceptors (Lipinski definition) is 3. The molecule has 0 spiro atoms. The van der Waals surface area contributed by atoms with Crippen LogP contribution < -0.4 is 10.1 Å². The monoisotopic (exact) mass is 317 g/mol. The SMILES string of the molecule is COc1c(O)c(CC2CCCNC2)cc(Br)c1F. The highest BCUT2D eigenvalue weighted by molar-refractivity contribution is 9.10. The third-order valence-electron chi connectivity index (χ3n) is 3.34. The number of nitrogens with one attached hydrogen (secondary N) is 1. The highest BCUT2D eigenvalue weighted by Gasteiger charge is 2.21. The minimum Gasteiger partial charge on any atom is -0.504 e. The van der Waals surface area contributed by atoms with Crippen LogP contribution in [0.2, 0.25) is 0 Å². The number of methoxy groups -OCH3 is 1. The van der Waals surface area contributed by atoms with Crippen molar-refractivity contribution in [3.8, 4) is 11.5 Å². The molecule has 100 valence electrons. The van der Waals surface area contributed by atoms with Crippen molar-refractivity contribution in [3.05, 3.63) is 21.9 Å². The molecule has 1 unspecified atom stereocenters. The van der Waals surface area contributed by atoms with E-state index in [1.165, 1.54) is 7.11 Å². The Labute approximate surface area is 114 Å². The summed E-state index contributed by atoms with van der Waals surface area (Å²) in [4.78, 5) is 0. The summed E-state index contributed by atoms with van der Waals surface area (Å²) in [5, 5.41) is 13.3. The van der Waals surface area contributed by atoms with Crippen molar-refractivity contribution in [2.45, 2.75) is 19.3 Å². The van der Waals surface area contributed by atoms with Crippen molar-refractivity contribution in [2.75, 3.05) is 20.2 Å². The number of ether oxygens (including phenoxy) is 1. The molecule has 3 nitrogen and oxygen atoms in total. The molecular weight excluding hydrogens is 301 g/mol. The molecule has 0 saturated carbocycles. The van der Waals surface area contributed by atoms with Crippen LogP contribution in [0.15, 0.2) is 10.5 Å². The van der Waals surface area contributed by atoms with Crippen molar-refractivity contribution in [3.63, 3.8) is 0 Å². The highest BCUT2D eigenvalue weighted by Crippen LogP contribution is 2.38. The number of phenols is 1. The van der Waals surface area contributed by atoms with E-state index in [9.17, 15) is 9.50 Å². The second-order valence-corrected chi connectivity index (χ2v) is 5.48. The lowest BCUT2D eigenvalue weighted by atomic mass is 9.92. The molecule has 1 heterocycles. The fourth-order valence-corrected chi connectivity index (χ4v) is 2.85. The summed E-state index contributed by atoms with van der Waals surface area (Å²) in [5.41, 5.74) is 0.730. The molecule has 0 aliphatic carbocycles. The van der Waals surface area contributed by atoms with Gasteiger partial charge in [-0.1, -0.05) is 0 Å². The maximum Gasteiger partial charge on any atom is 0.198 e. The number of phenolic OH excluding ortho intramolecular Hbond substituents is 1. The molecule has 1 atom stereocenters. The normalized spacial score (nSPS) is 19.8. The first-order chi connectivity index (χ1) is 8.63. The van der Waals surface area contributed by atoms with Gasteiger partial charge in [0, 0.05) is 0 Å². The standard InChI is InChI=1S/C13H17BrFNO2/c1-18-13-11(15)10(14)6-9(12(13)17)5-8-3-2-4-16-7-8/h6,8,16-17H,2-5,7H2,1H3. The van der Waals surface area contributed by atoms with Crippen molar-refractivity contribution in [2.24, 2.45) is 5.92 Å². The molecule has 0 bridgehead atoms. The zero-order valence-electron chi connectivity index (χ0n) is 10.3. The van der Waals surface area contributed by atoms with Gasteiger partial charge in [0.2, 0.25) is 0 Å². The number of benzene rings is 1. The Morgan fingerprint density at radius 1 is 1.61 bits per heavy atom. The van der Waals surface area contributed by atoms with E-state index in [0.717, 1.165) is 37.9 Å². The van der Waals surface area contributed by atoms with Gasteiger partial charge < -0.3 is 15.2 Å². The summed E-state index contributed by atoms with van der Waals surface area (Å²) in [6.07, 6.45) is 3.00. The number of aromatic hydroxyl groups is 1. The molecule has 1 aromatic rings. The largest absolute Gasteiger partial charge is 0.504 e. The lowest BCUT2D eigenvalue weighted by molar-refractivity contribution is 0.339. The van der Waals surface area contributed by atoms with Crippen LogP contribution in [0.25, 0.3) is 0 Å². The molecule has 5 heteroatoms. The second-order valence-electron chi connectivity index (χ2n) is 4.63. The third-order valence-corrected chi connectivity index (χ3v) is 3.92. The minimum absolute atomic E-state index is 0.0798. The quantitative estimate of drug-likeness (QED) is 0.900. The molecule has 1 aliphatic heterocycles. The van der Waals surface area contributed by atoms with E-state index < -0.39 is 5.82 Å². The topological polar surface area (TPSA) is 41.5 Å². The number of hydrogen-bond donors (Lipinski definition) is 2. The Bertz CT molecular complexity index is 433. The number of rotatable bonds is 3. The Morgan fingerprint density at radius 3 is 3.00 bits per heavy atom. The first-order valence-electron chi connectivity index (χ1n) is 6.08. The maximum atomic E-state index is 13.7.